The lowest BCUT2D eigenvalue weighted by atomic mass is 10.0. The van der Waals surface area contributed by atoms with Gasteiger partial charge in [-0.1, -0.05) is 31.0 Å². The van der Waals surface area contributed by atoms with E-state index in [4.69, 9.17) is 4.74 Å². The van der Waals surface area contributed by atoms with E-state index in [1.807, 2.05) is 17.9 Å². The van der Waals surface area contributed by atoms with Crippen LogP contribution in [0, 0.1) is 0 Å². The van der Waals surface area contributed by atoms with Crippen LogP contribution in [0.15, 0.2) is 41.3 Å². The molecule has 1 saturated heterocycles. The van der Waals surface area contributed by atoms with Crippen LogP contribution in [0.4, 0.5) is 0 Å². The van der Waals surface area contributed by atoms with E-state index in [9.17, 15) is 13.2 Å². The second-order valence-corrected chi connectivity index (χ2v) is 10.5. The molecule has 1 fully saturated rings. The molecular formula is C25H32N2O4S. The number of methoxy groups -OCH3 is 1. The van der Waals surface area contributed by atoms with Crippen molar-refractivity contribution in [1.82, 2.24) is 9.62 Å². The Balaban J connectivity index is 1.57. The van der Waals surface area contributed by atoms with Crippen LogP contribution in [0.3, 0.4) is 0 Å². The van der Waals surface area contributed by atoms with Gasteiger partial charge in [0.15, 0.2) is 0 Å². The highest BCUT2D eigenvalue weighted by atomic mass is 32.2. The number of nitrogens with zero attached hydrogens (tertiary/aromatic N) is 1. The molecule has 0 bridgehead atoms. The number of carbonyl (C=O) groups excluding carboxylic acids is 1. The Labute approximate surface area is 191 Å². The van der Waals surface area contributed by atoms with Gasteiger partial charge in [-0.2, -0.15) is 0 Å². The van der Waals surface area contributed by atoms with Crippen LogP contribution in [0.1, 0.15) is 72.1 Å². The predicted octanol–water partition coefficient (Wildman–Crippen LogP) is 4.24. The zero-order valence-electron chi connectivity index (χ0n) is 18.9. The second kappa shape index (κ2) is 9.63. The number of likely N-dealkylation sites (tertiary alicyclic amines) is 1. The Morgan fingerprint density at radius 3 is 2.41 bits per heavy atom. The average molecular weight is 457 g/mol. The van der Waals surface area contributed by atoms with Crippen molar-refractivity contribution in [1.29, 1.82) is 0 Å². The maximum Gasteiger partial charge on any atom is 0.257 e. The molecule has 7 heteroatoms. The third-order valence-electron chi connectivity index (χ3n) is 6.56. The number of fused-ring (bicyclic) bond motifs is 1. The van der Waals surface area contributed by atoms with Crippen molar-refractivity contribution in [3.05, 3.63) is 58.7 Å². The average Bonchev–Trinajstić information content (AvgIpc) is 3.09. The van der Waals surface area contributed by atoms with E-state index >= 15 is 0 Å². The molecule has 6 nitrogen and oxygen atoms in total. The van der Waals surface area contributed by atoms with Gasteiger partial charge in [0.1, 0.15) is 5.75 Å². The lowest BCUT2D eigenvalue weighted by molar-refractivity contribution is 0.0758. The maximum absolute atomic E-state index is 13.2. The summed E-state index contributed by atoms with van der Waals surface area (Å²) in [6, 6.07) is 10.3. The highest BCUT2D eigenvalue weighted by Crippen LogP contribution is 2.28. The normalized spacial score (nSPS) is 17.5. The van der Waals surface area contributed by atoms with Gasteiger partial charge in [0.25, 0.3) is 5.91 Å². The van der Waals surface area contributed by atoms with Crippen molar-refractivity contribution < 1.29 is 17.9 Å². The number of nitrogens with one attached hydrogen (secondary N) is 1. The van der Waals surface area contributed by atoms with Crippen molar-refractivity contribution >= 4 is 15.9 Å². The third-order valence-corrected chi connectivity index (χ3v) is 8.10. The van der Waals surface area contributed by atoms with Crippen molar-refractivity contribution in [3.63, 3.8) is 0 Å². The molecule has 172 valence electrons. The van der Waals surface area contributed by atoms with Crippen molar-refractivity contribution in [3.8, 4) is 5.75 Å². The molecule has 0 aromatic heterocycles. The minimum absolute atomic E-state index is 0.0736. The predicted molar refractivity (Wildman–Crippen MR) is 125 cm³/mol. The summed E-state index contributed by atoms with van der Waals surface area (Å²) in [5, 5.41) is 0. The monoisotopic (exact) mass is 456 g/mol. The SMILES string of the molecule is COc1ccc(S(=O)(=O)NC(C)c2ccc3c(c2)CCC3)cc1C(=O)N1CCCCCC1. The lowest BCUT2D eigenvalue weighted by Crippen LogP contribution is -2.32. The fourth-order valence-corrected chi connectivity index (χ4v) is 5.95. The quantitative estimate of drug-likeness (QED) is 0.705. The minimum atomic E-state index is -3.82. The fraction of sp³-hybridized carbons (Fsp3) is 0.480. The summed E-state index contributed by atoms with van der Waals surface area (Å²) in [5.41, 5.74) is 3.91. The molecule has 2 aromatic rings. The van der Waals surface area contributed by atoms with E-state index in [0.717, 1.165) is 50.5 Å². The second-order valence-electron chi connectivity index (χ2n) is 8.79. The molecule has 1 atom stereocenters. The molecule has 1 heterocycles. The molecule has 32 heavy (non-hydrogen) atoms. The van der Waals surface area contributed by atoms with Gasteiger partial charge in [-0.3, -0.25) is 4.79 Å². The van der Waals surface area contributed by atoms with E-state index in [1.54, 1.807) is 6.07 Å². The zero-order chi connectivity index (χ0) is 22.7. The highest BCUT2D eigenvalue weighted by molar-refractivity contribution is 7.89. The van der Waals surface area contributed by atoms with Gasteiger partial charge in [0.2, 0.25) is 10.0 Å². The number of hydrogen-bond acceptors (Lipinski definition) is 4. The van der Waals surface area contributed by atoms with Crippen LogP contribution < -0.4 is 9.46 Å². The summed E-state index contributed by atoms with van der Waals surface area (Å²) in [6.45, 7) is 3.22. The summed E-state index contributed by atoms with van der Waals surface area (Å²) in [6.07, 6.45) is 7.44. The molecule has 0 spiro atoms. The van der Waals surface area contributed by atoms with E-state index < -0.39 is 10.0 Å². The van der Waals surface area contributed by atoms with Crippen molar-refractivity contribution in [2.45, 2.75) is 62.8 Å². The smallest absolute Gasteiger partial charge is 0.257 e. The summed E-state index contributed by atoms with van der Waals surface area (Å²) in [7, 11) is -2.32. The van der Waals surface area contributed by atoms with Crippen LogP contribution in [0.5, 0.6) is 5.75 Å². The summed E-state index contributed by atoms with van der Waals surface area (Å²) in [4.78, 5) is 15.1. The molecule has 1 unspecified atom stereocenters. The third kappa shape index (κ3) is 4.84. The molecule has 1 aliphatic carbocycles. The highest BCUT2D eigenvalue weighted by Gasteiger charge is 2.25. The zero-order valence-corrected chi connectivity index (χ0v) is 19.7. The minimum Gasteiger partial charge on any atom is -0.496 e. The summed E-state index contributed by atoms with van der Waals surface area (Å²) in [5.74, 6) is 0.220. The molecule has 1 N–H and O–H groups in total. The Bertz CT molecular complexity index is 1090. The van der Waals surface area contributed by atoms with Gasteiger partial charge in [0, 0.05) is 19.1 Å². The van der Waals surface area contributed by atoms with E-state index in [1.165, 1.54) is 30.4 Å². The number of ether oxygens (including phenoxy) is 1. The van der Waals surface area contributed by atoms with Gasteiger partial charge in [-0.15, -0.1) is 0 Å². The van der Waals surface area contributed by atoms with E-state index in [-0.39, 0.29) is 16.8 Å². The molecule has 2 aromatic carbocycles. The maximum atomic E-state index is 13.2. The molecule has 0 saturated carbocycles. The Morgan fingerprint density at radius 1 is 0.969 bits per heavy atom. The van der Waals surface area contributed by atoms with Gasteiger partial charge in [0.05, 0.1) is 17.6 Å². The fourth-order valence-electron chi connectivity index (χ4n) is 4.70. The first-order valence-electron chi connectivity index (χ1n) is 11.5. The number of aryl methyl sites for hydroxylation is 2. The first kappa shape index (κ1) is 22.8. The number of benzene rings is 2. The largest absolute Gasteiger partial charge is 0.496 e. The molecule has 2 aliphatic rings. The van der Waals surface area contributed by atoms with Crippen molar-refractivity contribution in [2.75, 3.05) is 20.2 Å². The van der Waals surface area contributed by atoms with E-state index in [0.29, 0.717) is 24.4 Å². The van der Waals surface area contributed by atoms with Gasteiger partial charge < -0.3 is 9.64 Å². The molecule has 1 aliphatic heterocycles. The van der Waals surface area contributed by atoms with Crippen molar-refractivity contribution in [2.24, 2.45) is 0 Å². The Hall–Kier alpha value is -2.38. The summed E-state index contributed by atoms with van der Waals surface area (Å²) >= 11 is 0. The number of carbonyl (C=O) groups is 1. The van der Waals surface area contributed by atoms with E-state index in [2.05, 4.69) is 16.9 Å². The molecule has 4 rings (SSSR count). The van der Waals surface area contributed by atoms with Gasteiger partial charge >= 0.3 is 0 Å². The van der Waals surface area contributed by atoms with Crippen LogP contribution in [0.2, 0.25) is 0 Å². The Morgan fingerprint density at radius 2 is 1.69 bits per heavy atom. The Kier molecular flexibility index (Phi) is 6.86. The number of amides is 1. The number of sulfonamides is 1. The molecular weight excluding hydrogens is 424 g/mol. The molecule has 1 amide bonds. The van der Waals surface area contributed by atoms with Crippen LogP contribution in [-0.2, 0) is 22.9 Å². The van der Waals surface area contributed by atoms with Gasteiger partial charge in [-0.05, 0) is 73.9 Å². The van der Waals surface area contributed by atoms with Gasteiger partial charge in [-0.25, -0.2) is 13.1 Å². The van der Waals surface area contributed by atoms with Crippen LogP contribution in [-0.4, -0.2) is 39.4 Å². The number of hydrogen-bond donors (Lipinski definition) is 1. The first-order valence-corrected chi connectivity index (χ1v) is 13.0. The standard InChI is InChI=1S/C25H32N2O4S/c1-18(20-11-10-19-8-7-9-21(19)16-20)26-32(29,30)22-12-13-24(31-2)23(17-22)25(28)27-14-5-3-4-6-15-27/h10-13,16-18,26H,3-9,14-15H2,1-2H3. The first-order chi connectivity index (χ1) is 15.4. The topological polar surface area (TPSA) is 75.7 Å². The van der Waals surface area contributed by atoms with Crippen LogP contribution in [0.25, 0.3) is 0 Å². The van der Waals surface area contributed by atoms with Crippen LogP contribution >= 0.6 is 0 Å². The lowest BCUT2D eigenvalue weighted by Gasteiger charge is -2.22. The molecule has 0 radical (unpaired) electrons. The summed E-state index contributed by atoms with van der Waals surface area (Å²) < 4.78 is 34.5. The number of rotatable bonds is 6.